The molecule has 2 N–H and O–H groups in total. The van der Waals surface area contributed by atoms with Crippen molar-refractivity contribution in [2.75, 3.05) is 61.9 Å². The van der Waals surface area contributed by atoms with Crippen molar-refractivity contribution < 1.29 is 4.74 Å². The number of halogens is 1. The number of anilines is 2. The molecule has 2 aromatic heterocycles. The maximum Gasteiger partial charge on any atom is 0.147 e. The lowest BCUT2D eigenvalue weighted by molar-refractivity contribution is 0.0905. The number of fused-ring (bicyclic) bond motifs is 1. The van der Waals surface area contributed by atoms with Gasteiger partial charge in [0.2, 0.25) is 0 Å². The number of aromatic nitrogens is 3. The lowest BCUT2D eigenvalue weighted by Crippen LogP contribution is -2.47. The van der Waals surface area contributed by atoms with Crippen molar-refractivity contribution in [3.8, 4) is 0 Å². The minimum Gasteiger partial charge on any atom is -0.381 e. The number of nitrogens with one attached hydrogen (secondary N) is 2. The Kier molecular flexibility index (Phi) is 7.32. The molecule has 1 atom stereocenters. The molecule has 2 saturated heterocycles. The van der Waals surface area contributed by atoms with Gasteiger partial charge in [-0.15, -0.1) is 11.8 Å². The Hall–Kier alpha value is -2.33. The molecule has 10 heteroatoms. The number of ether oxygens (including phenoxy) is 1. The van der Waals surface area contributed by atoms with Crippen LogP contribution in [-0.4, -0.2) is 88.7 Å². The Labute approximate surface area is 220 Å². The largest absolute Gasteiger partial charge is 0.381 e. The van der Waals surface area contributed by atoms with E-state index in [1.807, 2.05) is 30.1 Å². The molecule has 0 bridgehead atoms. The molecule has 0 amide bonds. The minimum absolute atomic E-state index is 0.359. The first kappa shape index (κ1) is 24.0. The highest BCUT2D eigenvalue weighted by molar-refractivity contribution is 8.14. The monoisotopic (exact) mass is 525 g/mol. The van der Waals surface area contributed by atoms with Gasteiger partial charge in [-0.2, -0.15) is 0 Å². The molecule has 2 fully saturated rings. The van der Waals surface area contributed by atoms with Gasteiger partial charge < -0.3 is 19.9 Å². The van der Waals surface area contributed by atoms with Crippen LogP contribution in [0.3, 0.4) is 0 Å². The summed E-state index contributed by atoms with van der Waals surface area (Å²) in [5, 5.41) is 6.67. The predicted octanol–water partition coefficient (Wildman–Crippen LogP) is 4.28. The first-order chi connectivity index (χ1) is 17.7. The van der Waals surface area contributed by atoms with Crippen LogP contribution in [-0.2, 0) is 4.74 Å². The molecule has 0 unspecified atom stereocenters. The molecule has 0 saturated carbocycles. The van der Waals surface area contributed by atoms with Crippen molar-refractivity contribution in [3.05, 3.63) is 47.5 Å². The molecular weight excluding hydrogens is 494 g/mol. The number of piperazine rings is 1. The van der Waals surface area contributed by atoms with E-state index >= 15 is 0 Å². The van der Waals surface area contributed by atoms with Gasteiger partial charge in [0.1, 0.15) is 10.9 Å². The molecule has 36 heavy (non-hydrogen) atoms. The summed E-state index contributed by atoms with van der Waals surface area (Å²) in [6.45, 7) is 6.80. The minimum atomic E-state index is 0.359. The standard InChI is InChI=1S/C26H32ClN7OS/c27-19-13-18-14-23(32-25(18)22(15-19)30-20-2-11-35-12-3-20)26-31-21(17-36-26)1-6-33-7-9-34(10-8-33)24-16-28-4-5-29-24/h4-5,13-16,20-21,30,32H,1-3,6-12,17H2/t21-/m1/s1. The summed E-state index contributed by atoms with van der Waals surface area (Å²) in [6.07, 6.45) is 8.46. The van der Waals surface area contributed by atoms with E-state index in [1.165, 1.54) is 0 Å². The van der Waals surface area contributed by atoms with E-state index < -0.39 is 0 Å². The van der Waals surface area contributed by atoms with Gasteiger partial charge >= 0.3 is 0 Å². The summed E-state index contributed by atoms with van der Waals surface area (Å²) in [6, 6.07) is 7.02. The maximum absolute atomic E-state index is 6.46. The Bertz CT molecular complexity index is 1210. The van der Waals surface area contributed by atoms with Crippen LogP contribution < -0.4 is 10.2 Å². The van der Waals surface area contributed by atoms with Gasteiger partial charge in [-0.05, 0) is 37.5 Å². The molecule has 0 radical (unpaired) electrons. The third kappa shape index (κ3) is 5.49. The number of aliphatic imine (C=N–C) groups is 1. The van der Waals surface area contributed by atoms with Crippen LogP contribution in [0.1, 0.15) is 25.0 Å². The number of benzene rings is 1. The number of hydrogen-bond acceptors (Lipinski definition) is 8. The van der Waals surface area contributed by atoms with Crippen molar-refractivity contribution in [1.29, 1.82) is 0 Å². The molecule has 6 rings (SSSR count). The zero-order valence-electron chi connectivity index (χ0n) is 20.3. The van der Waals surface area contributed by atoms with Crippen LogP contribution in [0.4, 0.5) is 11.5 Å². The second kappa shape index (κ2) is 11.0. The summed E-state index contributed by atoms with van der Waals surface area (Å²) in [7, 11) is 0. The van der Waals surface area contributed by atoms with Crippen LogP contribution in [0, 0.1) is 0 Å². The van der Waals surface area contributed by atoms with E-state index in [4.69, 9.17) is 21.3 Å². The fourth-order valence-electron chi connectivity index (χ4n) is 5.20. The van der Waals surface area contributed by atoms with Crippen molar-refractivity contribution in [1.82, 2.24) is 19.9 Å². The zero-order chi connectivity index (χ0) is 24.3. The molecule has 3 aliphatic rings. The number of thioether (sulfide) groups is 1. The molecule has 8 nitrogen and oxygen atoms in total. The van der Waals surface area contributed by atoms with Gasteiger partial charge in [-0.3, -0.25) is 14.9 Å². The Balaban J connectivity index is 1.07. The molecule has 5 heterocycles. The van der Waals surface area contributed by atoms with Crippen molar-refractivity contribution in [2.45, 2.75) is 31.3 Å². The average Bonchev–Trinajstić information content (AvgIpc) is 3.56. The summed E-state index contributed by atoms with van der Waals surface area (Å²) < 4.78 is 5.51. The summed E-state index contributed by atoms with van der Waals surface area (Å²) in [5.74, 6) is 2.02. The number of rotatable bonds is 7. The quantitative estimate of drug-likeness (QED) is 0.476. The second-order valence-electron chi connectivity index (χ2n) is 9.71. The van der Waals surface area contributed by atoms with Gasteiger partial charge in [-0.25, -0.2) is 4.98 Å². The first-order valence-corrected chi connectivity index (χ1v) is 14.2. The summed E-state index contributed by atoms with van der Waals surface area (Å²) in [5.41, 5.74) is 3.26. The molecule has 0 spiro atoms. The van der Waals surface area contributed by atoms with E-state index in [9.17, 15) is 0 Å². The topological polar surface area (TPSA) is 81.7 Å². The molecule has 0 aliphatic carbocycles. The van der Waals surface area contributed by atoms with Gasteiger partial charge in [0.15, 0.2) is 0 Å². The van der Waals surface area contributed by atoms with Crippen LogP contribution in [0.25, 0.3) is 10.9 Å². The highest BCUT2D eigenvalue weighted by Crippen LogP contribution is 2.33. The third-order valence-corrected chi connectivity index (χ3v) is 8.61. The fraction of sp³-hybridized carbons (Fsp3) is 0.500. The SMILES string of the molecule is Clc1cc(NC2CCOCC2)c2[nH]c(C3=N[C@H](CCN4CCN(c5cnccn5)CC4)CS3)cc2c1. The smallest absolute Gasteiger partial charge is 0.147 e. The molecular formula is C26H32ClN7OS. The van der Waals surface area contributed by atoms with Crippen molar-refractivity contribution >= 4 is 50.8 Å². The van der Waals surface area contributed by atoms with Crippen LogP contribution in [0.5, 0.6) is 0 Å². The second-order valence-corrected chi connectivity index (χ2v) is 11.2. The zero-order valence-corrected chi connectivity index (χ0v) is 21.9. The maximum atomic E-state index is 6.46. The number of aromatic amines is 1. The first-order valence-electron chi connectivity index (χ1n) is 12.8. The van der Waals surface area contributed by atoms with E-state index in [-0.39, 0.29) is 0 Å². The molecule has 3 aliphatic heterocycles. The Morgan fingerprint density at radius 2 is 1.97 bits per heavy atom. The number of hydrogen-bond donors (Lipinski definition) is 2. The lowest BCUT2D eigenvalue weighted by atomic mass is 10.1. The van der Waals surface area contributed by atoms with E-state index in [1.54, 1.807) is 12.4 Å². The molecule has 3 aromatic rings. The third-order valence-electron chi connectivity index (χ3n) is 7.24. The molecule has 1 aromatic carbocycles. The van der Waals surface area contributed by atoms with Gasteiger partial charge in [-0.1, -0.05) is 11.6 Å². The van der Waals surface area contributed by atoms with Crippen molar-refractivity contribution in [3.63, 3.8) is 0 Å². The predicted molar refractivity (Wildman–Crippen MR) is 149 cm³/mol. The summed E-state index contributed by atoms with van der Waals surface area (Å²) in [4.78, 5) is 22.2. The van der Waals surface area contributed by atoms with Crippen molar-refractivity contribution in [2.24, 2.45) is 4.99 Å². The van der Waals surface area contributed by atoms with Crippen LogP contribution >= 0.6 is 23.4 Å². The fourth-order valence-corrected chi connectivity index (χ4v) is 6.50. The van der Waals surface area contributed by atoms with Gasteiger partial charge in [0, 0.05) is 80.5 Å². The van der Waals surface area contributed by atoms with Crippen LogP contribution in [0.2, 0.25) is 5.02 Å². The Morgan fingerprint density at radius 3 is 2.78 bits per heavy atom. The van der Waals surface area contributed by atoms with Crippen LogP contribution in [0.15, 0.2) is 41.8 Å². The highest BCUT2D eigenvalue weighted by Gasteiger charge is 2.24. The summed E-state index contributed by atoms with van der Waals surface area (Å²) >= 11 is 8.32. The number of H-pyrrole nitrogens is 1. The van der Waals surface area contributed by atoms with Gasteiger partial charge in [0.25, 0.3) is 0 Å². The van der Waals surface area contributed by atoms with E-state index in [0.717, 1.165) is 109 Å². The van der Waals surface area contributed by atoms with E-state index in [0.29, 0.717) is 12.1 Å². The number of nitrogens with zero attached hydrogens (tertiary/aromatic N) is 5. The highest BCUT2D eigenvalue weighted by atomic mass is 35.5. The average molecular weight is 526 g/mol. The van der Waals surface area contributed by atoms with Gasteiger partial charge in [0.05, 0.1) is 29.1 Å². The molecule has 190 valence electrons. The van der Waals surface area contributed by atoms with E-state index in [2.05, 4.69) is 36.1 Å². The normalized spacial score (nSPS) is 21.8. The lowest BCUT2D eigenvalue weighted by Gasteiger charge is -2.35. The Morgan fingerprint density at radius 1 is 1.11 bits per heavy atom.